The van der Waals surface area contributed by atoms with Crippen LogP contribution in [-0.4, -0.2) is 34.2 Å². The number of aryl methyl sites for hydroxylation is 2. The van der Waals surface area contributed by atoms with E-state index < -0.39 is 17.7 Å². The second kappa shape index (κ2) is 6.32. The number of rotatable bonds is 3. The van der Waals surface area contributed by atoms with Gasteiger partial charge in [-0.2, -0.15) is 0 Å². The van der Waals surface area contributed by atoms with Gasteiger partial charge in [0.05, 0.1) is 22.3 Å². The summed E-state index contributed by atoms with van der Waals surface area (Å²) in [6.45, 7) is 3.38. The van der Waals surface area contributed by atoms with Crippen molar-refractivity contribution in [1.82, 2.24) is 9.88 Å². The lowest BCUT2D eigenvalue weighted by atomic mass is 10.1. The van der Waals surface area contributed by atoms with E-state index in [0.717, 1.165) is 21.5 Å². The average molecular weight is 359 g/mol. The van der Waals surface area contributed by atoms with E-state index in [-0.39, 0.29) is 6.54 Å². The molecule has 6 nitrogen and oxygen atoms in total. The van der Waals surface area contributed by atoms with E-state index in [4.69, 9.17) is 0 Å². The molecule has 1 aliphatic heterocycles. The Hall–Kier alpha value is -3.54. The Labute approximate surface area is 155 Å². The number of hydrogen-bond donors (Lipinski definition) is 1. The first kappa shape index (κ1) is 16.9. The highest BCUT2D eigenvalue weighted by atomic mass is 16.2. The van der Waals surface area contributed by atoms with Gasteiger partial charge in [-0.25, -0.2) is 0 Å². The molecule has 1 N–H and O–H groups in total. The van der Waals surface area contributed by atoms with Crippen LogP contribution in [0, 0.1) is 13.8 Å². The molecule has 2 aromatic carbocycles. The molecule has 0 spiro atoms. The Morgan fingerprint density at radius 1 is 1.00 bits per heavy atom. The molecule has 3 aromatic rings. The molecule has 0 aliphatic carbocycles. The van der Waals surface area contributed by atoms with Gasteiger partial charge >= 0.3 is 0 Å². The number of para-hydroxylation sites is 1. The van der Waals surface area contributed by atoms with Crippen LogP contribution in [0.3, 0.4) is 0 Å². The lowest BCUT2D eigenvalue weighted by Crippen LogP contribution is -2.37. The lowest BCUT2D eigenvalue weighted by Gasteiger charge is -2.14. The maximum absolute atomic E-state index is 12.5. The summed E-state index contributed by atoms with van der Waals surface area (Å²) < 4.78 is 0. The fourth-order valence-corrected chi connectivity index (χ4v) is 3.23. The number of fused-ring (bicyclic) bond motifs is 2. The van der Waals surface area contributed by atoms with Gasteiger partial charge < -0.3 is 5.32 Å². The smallest absolute Gasteiger partial charge is 0.262 e. The highest BCUT2D eigenvalue weighted by Crippen LogP contribution is 2.25. The maximum Gasteiger partial charge on any atom is 0.262 e. The van der Waals surface area contributed by atoms with E-state index in [1.807, 2.05) is 38.1 Å². The standard InChI is InChI=1S/C21H17N3O3/c1-12-6-9-15-16(10-12)21(27)24(20(15)26)11-18(25)23-17-5-3-4-14-8-7-13(2)22-19(14)17/h3-10H,11H2,1-2H3,(H,23,25). The van der Waals surface area contributed by atoms with Gasteiger partial charge in [0, 0.05) is 11.1 Å². The largest absolute Gasteiger partial charge is 0.323 e. The zero-order chi connectivity index (χ0) is 19.1. The molecule has 0 fully saturated rings. The van der Waals surface area contributed by atoms with Gasteiger partial charge in [-0.1, -0.05) is 29.8 Å². The van der Waals surface area contributed by atoms with Gasteiger partial charge in [-0.15, -0.1) is 0 Å². The molecule has 0 bridgehead atoms. The van der Waals surface area contributed by atoms with Crippen LogP contribution in [0.1, 0.15) is 32.0 Å². The molecule has 0 saturated heterocycles. The number of nitrogens with one attached hydrogen (secondary N) is 1. The molecule has 134 valence electrons. The summed E-state index contributed by atoms with van der Waals surface area (Å²) in [5, 5.41) is 3.67. The highest BCUT2D eigenvalue weighted by molar-refractivity contribution is 6.23. The van der Waals surface area contributed by atoms with Gasteiger partial charge in [-0.05, 0) is 38.1 Å². The number of carbonyl (C=O) groups excluding carboxylic acids is 3. The van der Waals surface area contributed by atoms with E-state index in [2.05, 4.69) is 10.3 Å². The van der Waals surface area contributed by atoms with Gasteiger partial charge in [-0.3, -0.25) is 24.3 Å². The predicted octanol–water partition coefficient (Wildman–Crippen LogP) is 3.09. The highest BCUT2D eigenvalue weighted by Gasteiger charge is 2.36. The van der Waals surface area contributed by atoms with Crippen LogP contribution >= 0.6 is 0 Å². The second-order valence-corrected chi connectivity index (χ2v) is 6.62. The fraction of sp³-hybridized carbons (Fsp3) is 0.143. The summed E-state index contributed by atoms with van der Waals surface area (Å²) in [7, 11) is 0. The van der Waals surface area contributed by atoms with Crippen molar-refractivity contribution in [2.75, 3.05) is 11.9 Å². The SMILES string of the molecule is Cc1ccc2c(c1)C(=O)N(CC(=O)Nc1cccc3ccc(C)nc13)C2=O. The molecule has 3 amide bonds. The molecular formula is C21H17N3O3. The van der Waals surface area contributed by atoms with E-state index >= 15 is 0 Å². The number of hydrogen-bond acceptors (Lipinski definition) is 4. The zero-order valence-corrected chi connectivity index (χ0v) is 14.9. The number of imide groups is 1. The molecule has 1 aliphatic rings. The molecular weight excluding hydrogens is 342 g/mol. The number of nitrogens with zero attached hydrogens (tertiary/aromatic N) is 2. The van der Waals surface area contributed by atoms with Crippen molar-refractivity contribution in [2.24, 2.45) is 0 Å². The van der Waals surface area contributed by atoms with Crippen molar-refractivity contribution >= 4 is 34.3 Å². The van der Waals surface area contributed by atoms with Gasteiger partial charge in [0.1, 0.15) is 6.54 Å². The van der Waals surface area contributed by atoms with Crippen molar-refractivity contribution in [3.05, 3.63) is 70.9 Å². The van der Waals surface area contributed by atoms with Crippen LogP contribution in [0.2, 0.25) is 0 Å². The Balaban J connectivity index is 1.57. The van der Waals surface area contributed by atoms with E-state index in [9.17, 15) is 14.4 Å². The number of benzene rings is 2. The lowest BCUT2D eigenvalue weighted by molar-refractivity contribution is -0.116. The molecule has 1 aromatic heterocycles. The van der Waals surface area contributed by atoms with Crippen molar-refractivity contribution in [2.45, 2.75) is 13.8 Å². The van der Waals surface area contributed by atoms with E-state index in [1.165, 1.54) is 0 Å². The zero-order valence-electron chi connectivity index (χ0n) is 14.9. The molecule has 6 heteroatoms. The summed E-state index contributed by atoms with van der Waals surface area (Å²) in [5.74, 6) is -1.34. The molecule has 0 saturated carbocycles. The van der Waals surface area contributed by atoms with Crippen LogP contribution < -0.4 is 5.32 Å². The quantitative estimate of drug-likeness (QED) is 0.729. The molecule has 4 rings (SSSR count). The Morgan fingerprint density at radius 2 is 1.78 bits per heavy atom. The third kappa shape index (κ3) is 2.95. The molecule has 2 heterocycles. The van der Waals surface area contributed by atoms with Gasteiger partial charge in [0.15, 0.2) is 0 Å². The minimum Gasteiger partial charge on any atom is -0.323 e. The molecule has 0 unspecified atom stereocenters. The molecule has 0 atom stereocenters. The van der Waals surface area contributed by atoms with Crippen LogP contribution in [-0.2, 0) is 4.79 Å². The maximum atomic E-state index is 12.5. The van der Waals surface area contributed by atoms with Crippen LogP contribution in [0.5, 0.6) is 0 Å². The van der Waals surface area contributed by atoms with Crippen LogP contribution in [0.15, 0.2) is 48.5 Å². The number of pyridine rings is 1. The van der Waals surface area contributed by atoms with Crippen molar-refractivity contribution in [3.63, 3.8) is 0 Å². The summed E-state index contributed by atoms with van der Waals surface area (Å²) in [4.78, 5) is 43.0. The van der Waals surface area contributed by atoms with E-state index in [1.54, 1.807) is 24.3 Å². The molecule has 27 heavy (non-hydrogen) atoms. The third-order valence-corrected chi connectivity index (χ3v) is 4.56. The summed E-state index contributed by atoms with van der Waals surface area (Å²) in [6.07, 6.45) is 0. The fourth-order valence-electron chi connectivity index (χ4n) is 3.23. The number of carbonyl (C=O) groups is 3. The minimum atomic E-state index is -0.447. The summed E-state index contributed by atoms with van der Waals surface area (Å²) in [5.41, 5.74) is 3.62. The number of anilines is 1. The summed E-state index contributed by atoms with van der Waals surface area (Å²) in [6, 6.07) is 14.4. The second-order valence-electron chi connectivity index (χ2n) is 6.62. The van der Waals surface area contributed by atoms with Gasteiger partial charge in [0.2, 0.25) is 5.91 Å². The normalized spacial score (nSPS) is 13.2. The third-order valence-electron chi connectivity index (χ3n) is 4.56. The van der Waals surface area contributed by atoms with Crippen LogP contribution in [0.25, 0.3) is 10.9 Å². The topological polar surface area (TPSA) is 79.4 Å². The van der Waals surface area contributed by atoms with Crippen molar-refractivity contribution in [1.29, 1.82) is 0 Å². The first-order chi connectivity index (χ1) is 12.9. The number of aromatic nitrogens is 1. The number of amides is 3. The monoisotopic (exact) mass is 359 g/mol. The van der Waals surface area contributed by atoms with E-state index in [0.29, 0.717) is 22.3 Å². The first-order valence-electron chi connectivity index (χ1n) is 8.57. The molecule has 0 radical (unpaired) electrons. The average Bonchev–Trinajstić information content (AvgIpc) is 2.86. The Bertz CT molecular complexity index is 1120. The summed E-state index contributed by atoms with van der Waals surface area (Å²) >= 11 is 0. The first-order valence-corrected chi connectivity index (χ1v) is 8.57. The predicted molar refractivity (Wildman–Crippen MR) is 102 cm³/mol. The van der Waals surface area contributed by atoms with Crippen molar-refractivity contribution < 1.29 is 14.4 Å². The van der Waals surface area contributed by atoms with Gasteiger partial charge in [0.25, 0.3) is 11.8 Å². The minimum absolute atomic E-state index is 0.334. The van der Waals surface area contributed by atoms with Crippen molar-refractivity contribution in [3.8, 4) is 0 Å². The Kier molecular flexibility index (Phi) is 3.96. The van der Waals surface area contributed by atoms with Crippen LogP contribution in [0.4, 0.5) is 5.69 Å². The Morgan fingerprint density at radius 3 is 2.59 bits per heavy atom.